The second kappa shape index (κ2) is 4.84. The zero-order valence-electron chi connectivity index (χ0n) is 10.6. The van der Waals surface area contributed by atoms with Crippen LogP contribution in [0, 0.1) is 0 Å². The summed E-state index contributed by atoms with van der Waals surface area (Å²) < 4.78 is 0. The number of piperazine rings is 1. The van der Waals surface area contributed by atoms with E-state index in [1.165, 1.54) is 0 Å². The molecule has 92 valence electrons. The van der Waals surface area contributed by atoms with Crippen LogP contribution in [0.4, 0.5) is 5.69 Å². The molecule has 2 rings (SSSR count). The molecule has 1 fully saturated rings. The summed E-state index contributed by atoms with van der Waals surface area (Å²) in [6.45, 7) is 6.29. The van der Waals surface area contributed by atoms with Gasteiger partial charge in [0.25, 0.3) is 0 Å². The van der Waals surface area contributed by atoms with E-state index in [0.29, 0.717) is 17.8 Å². The van der Waals surface area contributed by atoms with Crippen LogP contribution in [0.1, 0.15) is 24.3 Å². The van der Waals surface area contributed by atoms with Crippen molar-refractivity contribution in [3.05, 3.63) is 24.0 Å². The van der Waals surface area contributed by atoms with Crippen molar-refractivity contribution in [3.8, 4) is 0 Å². The smallest absolute Gasteiger partial charge is 0.170 e. The summed E-state index contributed by atoms with van der Waals surface area (Å²) >= 11 is 0. The van der Waals surface area contributed by atoms with Crippen molar-refractivity contribution in [2.45, 2.75) is 25.9 Å². The van der Waals surface area contributed by atoms with Crippen molar-refractivity contribution in [3.63, 3.8) is 0 Å². The van der Waals surface area contributed by atoms with Crippen molar-refractivity contribution in [1.29, 1.82) is 0 Å². The molecule has 0 spiro atoms. The van der Waals surface area contributed by atoms with Gasteiger partial charge in [0.15, 0.2) is 6.29 Å². The average molecular weight is 233 g/mol. The van der Waals surface area contributed by atoms with Crippen molar-refractivity contribution in [2.24, 2.45) is 0 Å². The lowest BCUT2D eigenvalue weighted by atomic mass is 10.1. The number of aldehydes is 1. The number of hydrogen-bond donors (Lipinski definition) is 0. The Labute approximate surface area is 102 Å². The Morgan fingerprint density at radius 2 is 2.00 bits per heavy atom. The summed E-state index contributed by atoms with van der Waals surface area (Å²) in [4.78, 5) is 19.7. The lowest BCUT2D eigenvalue weighted by Crippen LogP contribution is -2.55. The number of rotatable bonds is 2. The molecule has 2 heterocycles. The van der Waals surface area contributed by atoms with Crippen molar-refractivity contribution in [1.82, 2.24) is 9.88 Å². The monoisotopic (exact) mass is 233 g/mol. The number of aromatic nitrogens is 1. The molecule has 17 heavy (non-hydrogen) atoms. The molecule has 0 N–H and O–H groups in total. The van der Waals surface area contributed by atoms with Crippen LogP contribution in [0.2, 0.25) is 0 Å². The molecular formula is C13H19N3O. The van der Waals surface area contributed by atoms with Gasteiger partial charge in [0.05, 0.1) is 5.69 Å². The summed E-state index contributed by atoms with van der Waals surface area (Å²) in [5, 5.41) is 0. The second-order valence-corrected chi connectivity index (χ2v) is 4.79. The number of likely N-dealkylation sites (N-methyl/N-ethyl adjacent to an activating group) is 1. The van der Waals surface area contributed by atoms with Crippen LogP contribution in [-0.4, -0.2) is 48.4 Å². The normalized spacial score (nSPS) is 25.9. The van der Waals surface area contributed by atoms with Gasteiger partial charge in [-0.2, -0.15) is 0 Å². The van der Waals surface area contributed by atoms with Gasteiger partial charge in [-0.15, -0.1) is 0 Å². The van der Waals surface area contributed by atoms with E-state index in [2.05, 4.69) is 35.7 Å². The summed E-state index contributed by atoms with van der Waals surface area (Å²) in [5.74, 6) is 0. The zero-order chi connectivity index (χ0) is 12.4. The van der Waals surface area contributed by atoms with E-state index >= 15 is 0 Å². The fourth-order valence-corrected chi connectivity index (χ4v) is 2.37. The number of nitrogens with zero attached hydrogens (tertiary/aromatic N) is 3. The van der Waals surface area contributed by atoms with Gasteiger partial charge >= 0.3 is 0 Å². The molecule has 0 bridgehead atoms. The first kappa shape index (κ1) is 12.0. The van der Waals surface area contributed by atoms with Crippen molar-refractivity contribution >= 4 is 12.0 Å². The molecule has 0 radical (unpaired) electrons. The minimum Gasteiger partial charge on any atom is -0.367 e. The molecule has 0 aromatic carbocycles. The van der Waals surface area contributed by atoms with Crippen LogP contribution >= 0.6 is 0 Å². The molecular weight excluding hydrogens is 214 g/mol. The lowest BCUT2D eigenvalue weighted by Gasteiger charge is -2.43. The van der Waals surface area contributed by atoms with Gasteiger partial charge in [0.1, 0.15) is 5.69 Å². The van der Waals surface area contributed by atoms with E-state index in [9.17, 15) is 4.79 Å². The minimum absolute atomic E-state index is 0.485. The van der Waals surface area contributed by atoms with Crippen LogP contribution in [0.3, 0.4) is 0 Å². The first-order valence-corrected chi connectivity index (χ1v) is 6.00. The van der Waals surface area contributed by atoms with Gasteiger partial charge < -0.3 is 4.90 Å². The molecule has 1 aliphatic rings. The second-order valence-electron chi connectivity index (χ2n) is 4.79. The highest BCUT2D eigenvalue weighted by molar-refractivity contribution is 5.81. The topological polar surface area (TPSA) is 36.4 Å². The molecule has 1 saturated heterocycles. The first-order chi connectivity index (χ1) is 8.13. The molecule has 1 aliphatic heterocycles. The SMILES string of the molecule is CC1CN(c2cccnc2C=O)CC(C)N1C. The Morgan fingerprint density at radius 1 is 1.35 bits per heavy atom. The van der Waals surface area contributed by atoms with Crippen molar-refractivity contribution in [2.75, 3.05) is 25.0 Å². The van der Waals surface area contributed by atoms with E-state index < -0.39 is 0 Å². The van der Waals surface area contributed by atoms with Gasteiger partial charge in [-0.25, -0.2) is 0 Å². The predicted molar refractivity (Wildman–Crippen MR) is 68.5 cm³/mol. The highest BCUT2D eigenvalue weighted by Gasteiger charge is 2.27. The van der Waals surface area contributed by atoms with Gasteiger partial charge in [-0.3, -0.25) is 14.7 Å². The lowest BCUT2D eigenvalue weighted by molar-refractivity contribution is 0.111. The Morgan fingerprint density at radius 3 is 2.59 bits per heavy atom. The maximum absolute atomic E-state index is 11.0. The van der Waals surface area contributed by atoms with Gasteiger partial charge in [-0.1, -0.05) is 0 Å². The molecule has 0 amide bonds. The quantitative estimate of drug-likeness (QED) is 0.724. The third-order valence-corrected chi connectivity index (χ3v) is 3.63. The van der Waals surface area contributed by atoms with Crippen LogP contribution in [-0.2, 0) is 0 Å². The van der Waals surface area contributed by atoms with Crippen molar-refractivity contribution < 1.29 is 4.79 Å². The molecule has 1 aromatic heterocycles. The summed E-state index contributed by atoms with van der Waals surface area (Å²) in [6, 6.07) is 4.83. The van der Waals surface area contributed by atoms with E-state index in [4.69, 9.17) is 0 Å². The van der Waals surface area contributed by atoms with Crippen LogP contribution in [0.5, 0.6) is 0 Å². The van der Waals surface area contributed by atoms with E-state index in [-0.39, 0.29) is 0 Å². The third-order valence-electron chi connectivity index (χ3n) is 3.63. The predicted octanol–water partition coefficient (Wildman–Crippen LogP) is 1.42. The zero-order valence-corrected chi connectivity index (χ0v) is 10.6. The van der Waals surface area contributed by atoms with E-state index in [0.717, 1.165) is 25.1 Å². The fourth-order valence-electron chi connectivity index (χ4n) is 2.37. The van der Waals surface area contributed by atoms with Crippen LogP contribution in [0.15, 0.2) is 18.3 Å². The van der Waals surface area contributed by atoms with Gasteiger partial charge in [0, 0.05) is 31.4 Å². The number of carbonyl (C=O) groups is 1. The van der Waals surface area contributed by atoms with Crippen LogP contribution < -0.4 is 4.90 Å². The molecule has 0 saturated carbocycles. The maximum Gasteiger partial charge on any atom is 0.170 e. The van der Waals surface area contributed by atoms with Gasteiger partial charge in [-0.05, 0) is 33.0 Å². The maximum atomic E-state index is 11.0. The fraction of sp³-hybridized carbons (Fsp3) is 0.538. The van der Waals surface area contributed by atoms with Gasteiger partial charge in [0.2, 0.25) is 0 Å². The highest BCUT2D eigenvalue weighted by atomic mass is 16.1. The summed E-state index contributed by atoms with van der Waals surface area (Å²) in [7, 11) is 2.15. The summed E-state index contributed by atoms with van der Waals surface area (Å²) in [5.41, 5.74) is 1.49. The number of pyridine rings is 1. The molecule has 4 heteroatoms. The molecule has 4 nitrogen and oxygen atoms in total. The Balaban J connectivity index is 2.25. The number of hydrogen-bond acceptors (Lipinski definition) is 4. The van der Waals surface area contributed by atoms with E-state index in [1.54, 1.807) is 6.20 Å². The Hall–Kier alpha value is -1.42. The molecule has 0 aliphatic carbocycles. The average Bonchev–Trinajstić information content (AvgIpc) is 2.35. The number of anilines is 1. The number of carbonyl (C=O) groups excluding carboxylic acids is 1. The molecule has 2 unspecified atom stereocenters. The van der Waals surface area contributed by atoms with E-state index in [1.807, 2.05) is 12.1 Å². The molecule has 1 aromatic rings. The third kappa shape index (κ3) is 2.31. The van der Waals surface area contributed by atoms with Crippen LogP contribution in [0.25, 0.3) is 0 Å². The Kier molecular flexibility index (Phi) is 3.43. The summed E-state index contributed by atoms with van der Waals surface area (Å²) in [6.07, 6.45) is 2.50. The standard InChI is InChI=1S/C13H19N3O/c1-10-7-16(8-11(2)15(10)3)13-5-4-6-14-12(13)9-17/h4-6,9-11H,7-8H2,1-3H3. The first-order valence-electron chi connectivity index (χ1n) is 6.00. The largest absolute Gasteiger partial charge is 0.367 e. The highest BCUT2D eigenvalue weighted by Crippen LogP contribution is 2.22. The molecule has 2 atom stereocenters. The Bertz CT molecular complexity index is 395. The minimum atomic E-state index is 0.485.